The molecule has 0 unspecified atom stereocenters. The van der Waals surface area contributed by atoms with Gasteiger partial charge in [0, 0.05) is 18.5 Å². The zero-order valence-electron chi connectivity index (χ0n) is 14.9. The van der Waals surface area contributed by atoms with Gasteiger partial charge in [-0.25, -0.2) is 13.1 Å². The SMILES string of the molecule is O=C(NCC(F)(F)F)c1ccc(S(=O)(=O)NCCC[NH+]2CCCCC2)cc1. The maximum absolute atomic E-state index is 12.3. The molecule has 10 heteroatoms. The maximum atomic E-state index is 12.3. The van der Waals surface area contributed by atoms with Gasteiger partial charge in [-0.3, -0.25) is 4.79 Å². The fourth-order valence-corrected chi connectivity index (χ4v) is 4.07. The molecule has 1 heterocycles. The lowest BCUT2D eigenvalue weighted by Gasteiger charge is -2.23. The van der Waals surface area contributed by atoms with Gasteiger partial charge in [0.25, 0.3) is 5.91 Å². The summed E-state index contributed by atoms with van der Waals surface area (Å²) in [5.41, 5.74) is -0.0353. The summed E-state index contributed by atoms with van der Waals surface area (Å²) in [7, 11) is -3.71. The Balaban J connectivity index is 1.82. The van der Waals surface area contributed by atoms with Crippen LogP contribution in [0.25, 0.3) is 0 Å². The number of amides is 1. The minimum absolute atomic E-state index is 0.0276. The Morgan fingerprint density at radius 2 is 1.70 bits per heavy atom. The first-order chi connectivity index (χ1) is 12.7. The third kappa shape index (κ3) is 7.47. The lowest BCUT2D eigenvalue weighted by Crippen LogP contribution is -3.12. The summed E-state index contributed by atoms with van der Waals surface area (Å²) in [5.74, 6) is -0.909. The first-order valence-corrected chi connectivity index (χ1v) is 10.4. The monoisotopic (exact) mass is 408 g/mol. The molecule has 152 valence electrons. The molecule has 3 N–H and O–H groups in total. The Morgan fingerprint density at radius 1 is 1.07 bits per heavy atom. The highest BCUT2D eigenvalue weighted by Gasteiger charge is 2.28. The fourth-order valence-electron chi connectivity index (χ4n) is 3.00. The van der Waals surface area contributed by atoms with Crippen molar-refractivity contribution in [3.05, 3.63) is 29.8 Å². The third-order valence-corrected chi connectivity index (χ3v) is 5.91. The Hall–Kier alpha value is -1.65. The van der Waals surface area contributed by atoms with Crippen LogP contribution < -0.4 is 14.9 Å². The van der Waals surface area contributed by atoms with E-state index >= 15 is 0 Å². The van der Waals surface area contributed by atoms with Gasteiger partial charge in [0.05, 0.1) is 24.5 Å². The highest BCUT2D eigenvalue weighted by Crippen LogP contribution is 2.14. The minimum Gasteiger partial charge on any atom is -0.343 e. The average Bonchev–Trinajstić information content (AvgIpc) is 2.64. The van der Waals surface area contributed by atoms with Crippen LogP contribution in [0.3, 0.4) is 0 Å². The molecule has 27 heavy (non-hydrogen) atoms. The Morgan fingerprint density at radius 3 is 2.30 bits per heavy atom. The largest absolute Gasteiger partial charge is 0.405 e. The topological polar surface area (TPSA) is 79.7 Å². The van der Waals surface area contributed by atoms with Crippen LogP contribution in [0.15, 0.2) is 29.2 Å². The highest BCUT2D eigenvalue weighted by molar-refractivity contribution is 7.89. The van der Waals surface area contributed by atoms with Gasteiger partial charge in [-0.15, -0.1) is 0 Å². The van der Waals surface area contributed by atoms with E-state index in [1.807, 2.05) is 0 Å². The summed E-state index contributed by atoms with van der Waals surface area (Å²) in [6.45, 7) is 2.06. The zero-order valence-corrected chi connectivity index (χ0v) is 15.8. The van der Waals surface area contributed by atoms with Gasteiger partial charge in [0.2, 0.25) is 10.0 Å². The predicted octanol–water partition coefficient (Wildman–Crippen LogP) is 0.716. The summed E-state index contributed by atoms with van der Waals surface area (Å²) < 4.78 is 63.4. The van der Waals surface area contributed by atoms with Gasteiger partial charge >= 0.3 is 6.18 Å². The number of piperidine rings is 1. The summed E-state index contributed by atoms with van der Waals surface area (Å²) in [6.07, 6.45) is -0.0838. The normalized spacial score (nSPS) is 16.3. The summed E-state index contributed by atoms with van der Waals surface area (Å²) in [5, 5.41) is 1.74. The number of halogens is 3. The van der Waals surface area contributed by atoms with E-state index < -0.39 is 28.7 Å². The molecule has 1 fully saturated rings. The van der Waals surface area contributed by atoms with Crippen LogP contribution in [-0.2, 0) is 10.0 Å². The van der Waals surface area contributed by atoms with Crippen LogP contribution in [0.4, 0.5) is 13.2 Å². The molecule has 0 bridgehead atoms. The molecule has 0 spiro atoms. The molecule has 0 aromatic heterocycles. The molecule has 1 amide bonds. The molecule has 0 atom stereocenters. The Labute approximate surface area is 157 Å². The summed E-state index contributed by atoms with van der Waals surface area (Å²) in [4.78, 5) is 13.1. The number of likely N-dealkylation sites (tertiary alicyclic amines) is 1. The lowest BCUT2D eigenvalue weighted by atomic mass is 10.1. The van der Waals surface area contributed by atoms with Gasteiger partial charge in [-0.05, 0) is 43.5 Å². The van der Waals surface area contributed by atoms with Gasteiger partial charge < -0.3 is 10.2 Å². The average molecular weight is 408 g/mol. The van der Waals surface area contributed by atoms with E-state index in [4.69, 9.17) is 0 Å². The zero-order chi connectivity index (χ0) is 19.9. The first-order valence-electron chi connectivity index (χ1n) is 8.96. The number of alkyl halides is 3. The predicted molar refractivity (Wildman–Crippen MR) is 94.1 cm³/mol. The number of benzene rings is 1. The lowest BCUT2D eigenvalue weighted by molar-refractivity contribution is -0.904. The molecular formula is C17H25F3N3O3S+. The molecule has 1 aliphatic heterocycles. The number of rotatable bonds is 8. The maximum Gasteiger partial charge on any atom is 0.405 e. The number of quaternary nitrogens is 1. The third-order valence-electron chi connectivity index (χ3n) is 4.44. The number of hydrogen-bond acceptors (Lipinski definition) is 3. The van der Waals surface area contributed by atoms with Gasteiger partial charge in [0.15, 0.2) is 0 Å². The van der Waals surface area contributed by atoms with Crippen molar-refractivity contribution >= 4 is 15.9 Å². The highest BCUT2D eigenvalue weighted by atomic mass is 32.2. The summed E-state index contributed by atoms with van der Waals surface area (Å²) in [6, 6.07) is 4.80. The van der Waals surface area contributed by atoms with E-state index in [1.165, 1.54) is 48.4 Å². The molecule has 0 saturated carbocycles. The van der Waals surface area contributed by atoms with Crippen molar-refractivity contribution in [2.45, 2.75) is 36.8 Å². The van der Waals surface area contributed by atoms with Crippen LogP contribution in [0.2, 0.25) is 0 Å². The summed E-state index contributed by atoms with van der Waals surface area (Å²) >= 11 is 0. The van der Waals surface area contributed by atoms with Crippen LogP contribution in [-0.4, -0.2) is 53.2 Å². The molecule has 0 aliphatic carbocycles. The number of nitrogens with one attached hydrogen (secondary N) is 3. The van der Waals surface area contributed by atoms with Crippen molar-refractivity contribution in [2.24, 2.45) is 0 Å². The van der Waals surface area contributed by atoms with E-state index in [0.29, 0.717) is 6.54 Å². The Bertz CT molecular complexity index is 715. The molecule has 2 rings (SSSR count). The second-order valence-electron chi connectivity index (χ2n) is 6.63. The van der Waals surface area contributed by atoms with Gasteiger partial charge in [-0.1, -0.05) is 0 Å². The van der Waals surface area contributed by atoms with E-state index in [2.05, 4.69) is 4.72 Å². The van der Waals surface area contributed by atoms with Crippen molar-refractivity contribution in [2.75, 3.05) is 32.7 Å². The molecule has 1 aliphatic rings. The van der Waals surface area contributed by atoms with Gasteiger partial charge in [0.1, 0.15) is 6.54 Å². The quantitative estimate of drug-likeness (QED) is 0.555. The van der Waals surface area contributed by atoms with Crippen molar-refractivity contribution in [3.8, 4) is 0 Å². The molecular weight excluding hydrogens is 383 g/mol. The smallest absolute Gasteiger partial charge is 0.343 e. The van der Waals surface area contributed by atoms with Crippen molar-refractivity contribution < 1.29 is 31.3 Å². The van der Waals surface area contributed by atoms with E-state index in [0.717, 1.165) is 26.1 Å². The van der Waals surface area contributed by atoms with Crippen molar-refractivity contribution in [1.29, 1.82) is 0 Å². The second-order valence-corrected chi connectivity index (χ2v) is 8.40. The van der Waals surface area contributed by atoms with Crippen LogP contribution in [0.5, 0.6) is 0 Å². The van der Waals surface area contributed by atoms with Crippen molar-refractivity contribution in [1.82, 2.24) is 10.0 Å². The second kappa shape index (κ2) is 9.52. The Kier molecular flexibility index (Phi) is 7.63. The van der Waals surface area contributed by atoms with Crippen molar-refractivity contribution in [3.63, 3.8) is 0 Å². The van der Waals surface area contributed by atoms with Gasteiger partial charge in [-0.2, -0.15) is 13.2 Å². The minimum atomic E-state index is -4.50. The standard InChI is InChI=1S/C17H24F3N3O3S/c18-17(19,20)13-21-16(24)14-5-7-15(8-6-14)27(25,26)22-9-4-12-23-10-2-1-3-11-23/h5-8,22H,1-4,9-13H2,(H,21,24)/p+1. The van der Waals surface area contributed by atoms with Crippen LogP contribution in [0, 0.1) is 0 Å². The molecule has 1 saturated heterocycles. The molecule has 1 aromatic carbocycles. The number of sulfonamides is 1. The number of hydrogen-bond donors (Lipinski definition) is 3. The van der Waals surface area contributed by atoms with E-state index in [-0.39, 0.29) is 10.5 Å². The fraction of sp³-hybridized carbons (Fsp3) is 0.588. The molecule has 0 radical (unpaired) electrons. The van der Waals surface area contributed by atoms with E-state index in [9.17, 15) is 26.4 Å². The van der Waals surface area contributed by atoms with Crippen LogP contribution in [0.1, 0.15) is 36.0 Å². The van der Waals surface area contributed by atoms with E-state index in [1.54, 1.807) is 5.32 Å². The molecule has 6 nitrogen and oxygen atoms in total. The first kappa shape index (κ1) is 21.6. The van der Waals surface area contributed by atoms with Crippen LogP contribution >= 0.6 is 0 Å². The number of carbonyl (C=O) groups excluding carboxylic acids is 1. The molecule has 1 aromatic rings. The number of carbonyl (C=O) groups is 1.